The fourth-order valence-electron chi connectivity index (χ4n) is 1.84. The van der Waals surface area contributed by atoms with E-state index in [2.05, 4.69) is 11.4 Å². The lowest BCUT2D eigenvalue weighted by atomic mass is 10.1. The van der Waals surface area contributed by atoms with Gasteiger partial charge in [-0.05, 0) is 29.7 Å². The number of hydrogen-bond acceptors (Lipinski definition) is 3. The van der Waals surface area contributed by atoms with Gasteiger partial charge in [-0.3, -0.25) is 9.59 Å². The lowest BCUT2D eigenvalue weighted by Crippen LogP contribution is -2.03. The normalized spacial score (nSPS) is 13.7. The summed E-state index contributed by atoms with van der Waals surface area (Å²) < 4.78 is 0. The Balaban J connectivity index is 1.91. The van der Waals surface area contributed by atoms with Gasteiger partial charge < -0.3 is 5.32 Å². The molecule has 4 heteroatoms. The van der Waals surface area contributed by atoms with Crippen molar-refractivity contribution in [2.75, 3.05) is 11.1 Å². The Morgan fingerprint density at radius 3 is 3.11 bits per heavy atom. The van der Waals surface area contributed by atoms with Crippen LogP contribution in [0.2, 0.25) is 0 Å². The van der Waals surface area contributed by atoms with Crippen molar-refractivity contribution >= 4 is 34.5 Å². The SMILES string of the molecule is CC(=O)SCCC=Cc1ccc2c(c1)CC(=O)N2. The van der Waals surface area contributed by atoms with E-state index in [1.807, 2.05) is 24.3 Å². The van der Waals surface area contributed by atoms with Gasteiger partial charge in [-0.1, -0.05) is 30.0 Å². The van der Waals surface area contributed by atoms with Crippen molar-refractivity contribution < 1.29 is 9.59 Å². The lowest BCUT2D eigenvalue weighted by molar-refractivity contribution is -0.115. The van der Waals surface area contributed by atoms with Gasteiger partial charge in [0.2, 0.25) is 5.91 Å². The first-order chi connectivity index (χ1) is 8.65. The van der Waals surface area contributed by atoms with Crippen molar-refractivity contribution in [1.29, 1.82) is 0 Å². The second-order valence-corrected chi connectivity index (χ2v) is 5.44. The zero-order valence-corrected chi connectivity index (χ0v) is 11.0. The average Bonchev–Trinajstić information content (AvgIpc) is 2.67. The molecule has 0 fully saturated rings. The molecule has 0 saturated heterocycles. The molecule has 1 heterocycles. The molecule has 0 radical (unpaired) electrons. The van der Waals surface area contributed by atoms with Crippen LogP contribution in [-0.2, 0) is 16.0 Å². The highest BCUT2D eigenvalue weighted by Crippen LogP contribution is 2.24. The Morgan fingerprint density at radius 2 is 2.33 bits per heavy atom. The van der Waals surface area contributed by atoms with E-state index in [1.54, 1.807) is 6.92 Å². The highest BCUT2D eigenvalue weighted by molar-refractivity contribution is 8.13. The van der Waals surface area contributed by atoms with Crippen LogP contribution < -0.4 is 5.32 Å². The second-order valence-electron chi connectivity index (χ2n) is 4.17. The molecule has 0 unspecified atom stereocenters. The Labute approximate surface area is 111 Å². The van der Waals surface area contributed by atoms with Crippen LogP contribution >= 0.6 is 11.8 Å². The molecule has 1 amide bonds. The number of benzene rings is 1. The number of rotatable bonds is 4. The molecule has 94 valence electrons. The minimum atomic E-state index is 0.0592. The van der Waals surface area contributed by atoms with Gasteiger partial charge in [0.05, 0.1) is 6.42 Å². The molecule has 1 aromatic rings. The van der Waals surface area contributed by atoms with Crippen LogP contribution in [0.5, 0.6) is 0 Å². The number of thioether (sulfide) groups is 1. The number of carbonyl (C=O) groups is 2. The number of fused-ring (bicyclic) bond motifs is 1. The second kappa shape index (κ2) is 5.87. The van der Waals surface area contributed by atoms with Crippen molar-refractivity contribution in [1.82, 2.24) is 0 Å². The van der Waals surface area contributed by atoms with E-state index in [0.29, 0.717) is 6.42 Å². The maximum absolute atomic E-state index is 11.2. The van der Waals surface area contributed by atoms with Crippen LogP contribution in [0.15, 0.2) is 24.3 Å². The van der Waals surface area contributed by atoms with E-state index in [0.717, 1.165) is 29.0 Å². The standard InChI is InChI=1S/C14H15NO2S/c1-10(16)18-7-3-2-4-11-5-6-13-12(8-11)9-14(17)15-13/h2,4-6,8H,3,7,9H2,1H3,(H,15,17). The molecule has 0 saturated carbocycles. The van der Waals surface area contributed by atoms with Gasteiger partial charge in [0.15, 0.2) is 5.12 Å². The van der Waals surface area contributed by atoms with Gasteiger partial charge in [0, 0.05) is 18.4 Å². The van der Waals surface area contributed by atoms with Crippen LogP contribution in [0, 0.1) is 0 Å². The van der Waals surface area contributed by atoms with E-state index in [-0.39, 0.29) is 11.0 Å². The smallest absolute Gasteiger partial charge is 0.228 e. The molecule has 1 aromatic carbocycles. The van der Waals surface area contributed by atoms with E-state index in [1.165, 1.54) is 11.8 Å². The Hall–Kier alpha value is -1.55. The average molecular weight is 261 g/mol. The predicted molar refractivity (Wildman–Crippen MR) is 75.6 cm³/mol. The molecule has 0 aromatic heterocycles. The fraction of sp³-hybridized carbons (Fsp3) is 0.286. The van der Waals surface area contributed by atoms with Gasteiger partial charge in [-0.15, -0.1) is 0 Å². The predicted octanol–water partition coefficient (Wildman–Crippen LogP) is 2.86. The van der Waals surface area contributed by atoms with Crippen molar-refractivity contribution in [3.05, 3.63) is 35.4 Å². The molecule has 2 rings (SSSR count). The van der Waals surface area contributed by atoms with Crippen molar-refractivity contribution in [2.45, 2.75) is 19.8 Å². The van der Waals surface area contributed by atoms with E-state index in [4.69, 9.17) is 0 Å². The first-order valence-electron chi connectivity index (χ1n) is 5.88. The van der Waals surface area contributed by atoms with Gasteiger partial charge in [0.25, 0.3) is 0 Å². The van der Waals surface area contributed by atoms with Crippen LogP contribution in [0.25, 0.3) is 6.08 Å². The number of hydrogen-bond donors (Lipinski definition) is 1. The first kappa shape index (κ1) is 12.9. The third kappa shape index (κ3) is 3.47. The van der Waals surface area contributed by atoms with E-state index in [9.17, 15) is 9.59 Å². The molecule has 1 aliphatic heterocycles. The van der Waals surface area contributed by atoms with Crippen molar-refractivity contribution in [3.8, 4) is 0 Å². The summed E-state index contributed by atoms with van der Waals surface area (Å²) in [6.45, 7) is 1.58. The monoisotopic (exact) mass is 261 g/mol. The molecule has 1 N–H and O–H groups in total. The van der Waals surface area contributed by atoms with E-state index < -0.39 is 0 Å². The molecule has 0 atom stereocenters. The number of anilines is 1. The zero-order chi connectivity index (χ0) is 13.0. The summed E-state index contributed by atoms with van der Waals surface area (Å²) >= 11 is 1.34. The van der Waals surface area contributed by atoms with Crippen LogP contribution in [-0.4, -0.2) is 16.8 Å². The summed E-state index contributed by atoms with van der Waals surface area (Å²) in [7, 11) is 0. The van der Waals surface area contributed by atoms with Crippen molar-refractivity contribution in [3.63, 3.8) is 0 Å². The molecule has 1 aliphatic rings. The maximum Gasteiger partial charge on any atom is 0.228 e. The fourth-order valence-corrected chi connectivity index (χ4v) is 2.38. The molecule has 18 heavy (non-hydrogen) atoms. The Kier molecular flexibility index (Phi) is 4.20. The summed E-state index contributed by atoms with van der Waals surface area (Å²) in [4.78, 5) is 21.9. The lowest BCUT2D eigenvalue weighted by Gasteiger charge is -1.99. The van der Waals surface area contributed by atoms with Gasteiger partial charge in [0.1, 0.15) is 0 Å². The number of allylic oxidation sites excluding steroid dienone is 1. The Bertz CT molecular complexity index is 509. The number of carbonyl (C=O) groups excluding carboxylic acids is 2. The third-order valence-corrected chi connectivity index (χ3v) is 3.50. The highest BCUT2D eigenvalue weighted by Gasteiger charge is 2.16. The quantitative estimate of drug-likeness (QED) is 0.848. The van der Waals surface area contributed by atoms with Gasteiger partial charge >= 0.3 is 0 Å². The topological polar surface area (TPSA) is 46.2 Å². The third-order valence-electron chi connectivity index (χ3n) is 2.65. The summed E-state index contributed by atoms with van der Waals surface area (Å²) in [5.74, 6) is 0.876. The van der Waals surface area contributed by atoms with Gasteiger partial charge in [-0.25, -0.2) is 0 Å². The minimum Gasteiger partial charge on any atom is -0.326 e. The van der Waals surface area contributed by atoms with Gasteiger partial charge in [-0.2, -0.15) is 0 Å². The summed E-state index contributed by atoms with van der Waals surface area (Å²) in [6.07, 6.45) is 5.43. The van der Waals surface area contributed by atoms with Crippen molar-refractivity contribution in [2.24, 2.45) is 0 Å². The largest absolute Gasteiger partial charge is 0.326 e. The van der Waals surface area contributed by atoms with Crippen LogP contribution in [0.1, 0.15) is 24.5 Å². The zero-order valence-electron chi connectivity index (χ0n) is 10.2. The summed E-state index contributed by atoms with van der Waals surface area (Å²) in [5, 5.41) is 2.97. The van der Waals surface area contributed by atoms with Crippen LogP contribution in [0.3, 0.4) is 0 Å². The molecule has 3 nitrogen and oxygen atoms in total. The van der Waals surface area contributed by atoms with E-state index >= 15 is 0 Å². The molecular weight excluding hydrogens is 246 g/mol. The minimum absolute atomic E-state index is 0.0592. The number of amides is 1. The molecular formula is C14H15NO2S. The summed E-state index contributed by atoms with van der Waals surface area (Å²) in [6, 6.07) is 5.95. The number of nitrogens with one attached hydrogen (secondary N) is 1. The molecule has 0 aliphatic carbocycles. The first-order valence-corrected chi connectivity index (χ1v) is 6.86. The van der Waals surface area contributed by atoms with Crippen LogP contribution in [0.4, 0.5) is 5.69 Å². The molecule has 0 spiro atoms. The molecule has 0 bridgehead atoms. The highest BCUT2D eigenvalue weighted by atomic mass is 32.2. The summed E-state index contributed by atoms with van der Waals surface area (Å²) in [5.41, 5.74) is 3.07. The maximum atomic E-state index is 11.2. The Morgan fingerprint density at radius 1 is 1.50 bits per heavy atom.